The standard InChI is InChI=1S/C20H19NO3S/c1-4-11-25-18-8-6-5-7-16(18)21-20(22)19-13(2)15-12-14(23-3)9-10-17(15)24-19/h4-10,12H,1,11H2,2-3H3,(H,21,22). The van der Waals surface area contributed by atoms with E-state index in [1.54, 1.807) is 18.9 Å². The zero-order valence-electron chi connectivity index (χ0n) is 14.2. The van der Waals surface area contributed by atoms with E-state index in [0.29, 0.717) is 11.3 Å². The minimum Gasteiger partial charge on any atom is -0.497 e. The molecule has 1 heterocycles. The summed E-state index contributed by atoms with van der Waals surface area (Å²) in [6, 6.07) is 13.2. The largest absolute Gasteiger partial charge is 0.497 e. The molecule has 3 rings (SSSR count). The van der Waals surface area contributed by atoms with Crippen LogP contribution in [0.25, 0.3) is 11.0 Å². The summed E-state index contributed by atoms with van der Waals surface area (Å²) < 4.78 is 11.0. The number of benzene rings is 2. The van der Waals surface area contributed by atoms with Crippen LogP contribution in [0.3, 0.4) is 0 Å². The lowest BCUT2D eigenvalue weighted by Crippen LogP contribution is -2.12. The molecular weight excluding hydrogens is 334 g/mol. The number of para-hydroxylation sites is 1. The van der Waals surface area contributed by atoms with Gasteiger partial charge in [-0.1, -0.05) is 18.2 Å². The van der Waals surface area contributed by atoms with Crippen LogP contribution in [-0.2, 0) is 0 Å². The van der Waals surface area contributed by atoms with Crippen LogP contribution in [0.15, 0.2) is 64.4 Å². The van der Waals surface area contributed by atoms with Crippen LogP contribution in [0.4, 0.5) is 5.69 Å². The number of methoxy groups -OCH3 is 1. The molecule has 1 N–H and O–H groups in total. The Kier molecular flexibility index (Phi) is 5.14. The molecule has 128 valence electrons. The number of nitrogens with one attached hydrogen (secondary N) is 1. The quantitative estimate of drug-likeness (QED) is 0.484. The number of furan rings is 1. The van der Waals surface area contributed by atoms with Gasteiger partial charge in [0.25, 0.3) is 5.91 Å². The second-order valence-corrected chi connectivity index (χ2v) is 6.53. The van der Waals surface area contributed by atoms with Crippen molar-refractivity contribution in [1.82, 2.24) is 0 Å². The van der Waals surface area contributed by atoms with Crippen LogP contribution < -0.4 is 10.1 Å². The van der Waals surface area contributed by atoms with Crippen molar-refractivity contribution < 1.29 is 13.9 Å². The first kappa shape index (κ1) is 17.2. The summed E-state index contributed by atoms with van der Waals surface area (Å²) in [4.78, 5) is 13.7. The Morgan fingerprint density at radius 1 is 1.32 bits per heavy atom. The molecule has 0 atom stereocenters. The van der Waals surface area contributed by atoms with Crippen molar-refractivity contribution in [1.29, 1.82) is 0 Å². The van der Waals surface area contributed by atoms with E-state index >= 15 is 0 Å². The molecule has 0 spiro atoms. The summed E-state index contributed by atoms with van der Waals surface area (Å²) in [5, 5.41) is 3.82. The van der Waals surface area contributed by atoms with Gasteiger partial charge in [0.05, 0.1) is 12.8 Å². The Bertz CT molecular complexity index is 930. The van der Waals surface area contributed by atoms with E-state index in [1.807, 2.05) is 55.5 Å². The van der Waals surface area contributed by atoms with Crippen molar-refractivity contribution in [3.8, 4) is 5.75 Å². The molecule has 0 saturated heterocycles. The first-order chi connectivity index (χ1) is 12.1. The molecule has 4 nitrogen and oxygen atoms in total. The lowest BCUT2D eigenvalue weighted by atomic mass is 10.1. The third kappa shape index (κ3) is 3.56. The molecule has 25 heavy (non-hydrogen) atoms. The number of amides is 1. The highest BCUT2D eigenvalue weighted by Crippen LogP contribution is 2.31. The normalized spacial score (nSPS) is 10.6. The number of carbonyl (C=O) groups excluding carboxylic acids is 1. The van der Waals surface area contributed by atoms with Crippen molar-refractivity contribution in [2.45, 2.75) is 11.8 Å². The zero-order valence-corrected chi connectivity index (χ0v) is 15.0. The predicted molar refractivity (Wildman–Crippen MR) is 103 cm³/mol. The van der Waals surface area contributed by atoms with E-state index in [-0.39, 0.29) is 5.91 Å². The van der Waals surface area contributed by atoms with Crippen molar-refractivity contribution >= 4 is 34.3 Å². The average molecular weight is 353 g/mol. The average Bonchev–Trinajstić information content (AvgIpc) is 2.97. The Labute approximate surface area is 150 Å². The molecule has 3 aromatic rings. The molecule has 0 aliphatic carbocycles. The third-order valence-corrected chi connectivity index (χ3v) is 4.91. The van der Waals surface area contributed by atoms with Crippen LogP contribution in [0.1, 0.15) is 16.1 Å². The predicted octanol–water partition coefficient (Wildman–Crippen LogP) is 5.28. The SMILES string of the molecule is C=CCSc1ccccc1NC(=O)c1oc2ccc(OC)cc2c1C. The number of rotatable bonds is 6. The number of ether oxygens (including phenoxy) is 1. The number of anilines is 1. The summed E-state index contributed by atoms with van der Waals surface area (Å²) >= 11 is 1.62. The summed E-state index contributed by atoms with van der Waals surface area (Å²) in [7, 11) is 1.61. The van der Waals surface area contributed by atoms with Crippen LogP contribution in [0.5, 0.6) is 5.75 Å². The van der Waals surface area contributed by atoms with E-state index in [2.05, 4.69) is 11.9 Å². The lowest BCUT2D eigenvalue weighted by Gasteiger charge is -2.09. The minimum absolute atomic E-state index is 0.265. The van der Waals surface area contributed by atoms with Gasteiger partial charge in [-0.25, -0.2) is 0 Å². The van der Waals surface area contributed by atoms with Gasteiger partial charge >= 0.3 is 0 Å². The first-order valence-electron chi connectivity index (χ1n) is 7.85. The van der Waals surface area contributed by atoms with Gasteiger partial charge in [0, 0.05) is 21.6 Å². The van der Waals surface area contributed by atoms with E-state index < -0.39 is 0 Å². The van der Waals surface area contributed by atoms with Gasteiger partial charge in [-0.3, -0.25) is 4.79 Å². The monoisotopic (exact) mass is 353 g/mol. The van der Waals surface area contributed by atoms with Gasteiger partial charge in [-0.2, -0.15) is 0 Å². The Balaban J connectivity index is 1.90. The fourth-order valence-corrected chi connectivity index (χ4v) is 3.31. The minimum atomic E-state index is -0.265. The zero-order chi connectivity index (χ0) is 17.8. The Morgan fingerprint density at radius 2 is 2.12 bits per heavy atom. The van der Waals surface area contributed by atoms with Crippen LogP contribution in [-0.4, -0.2) is 18.8 Å². The van der Waals surface area contributed by atoms with Gasteiger partial charge in [0.1, 0.15) is 11.3 Å². The summed E-state index contributed by atoms with van der Waals surface area (Å²) in [6.45, 7) is 5.60. The van der Waals surface area contributed by atoms with E-state index in [0.717, 1.165) is 33.0 Å². The smallest absolute Gasteiger partial charge is 0.291 e. The van der Waals surface area contributed by atoms with E-state index in [9.17, 15) is 4.79 Å². The molecule has 1 amide bonds. The van der Waals surface area contributed by atoms with Gasteiger partial charge < -0.3 is 14.5 Å². The fraction of sp³-hybridized carbons (Fsp3) is 0.150. The molecule has 0 saturated carbocycles. The maximum atomic E-state index is 12.7. The molecule has 0 radical (unpaired) electrons. The van der Waals surface area contributed by atoms with E-state index in [1.165, 1.54) is 0 Å². The number of hydrogen-bond acceptors (Lipinski definition) is 4. The second-order valence-electron chi connectivity index (χ2n) is 5.47. The fourth-order valence-electron chi connectivity index (χ4n) is 2.57. The van der Waals surface area contributed by atoms with Crippen LogP contribution >= 0.6 is 11.8 Å². The van der Waals surface area contributed by atoms with Crippen LogP contribution in [0, 0.1) is 6.92 Å². The van der Waals surface area contributed by atoms with Gasteiger partial charge in [0.2, 0.25) is 0 Å². The number of carbonyl (C=O) groups is 1. The maximum absolute atomic E-state index is 12.7. The summed E-state index contributed by atoms with van der Waals surface area (Å²) in [6.07, 6.45) is 1.83. The molecule has 0 unspecified atom stereocenters. The molecule has 0 aliphatic heterocycles. The highest BCUT2D eigenvalue weighted by atomic mass is 32.2. The van der Waals surface area contributed by atoms with Crippen molar-refractivity contribution in [2.24, 2.45) is 0 Å². The molecule has 0 bridgehead atoms. The first-order valence-corrected chi connectivity index (χ1v) is 8.84. The summed E-state index contributed by atoms with van der Waals surface area (Å²) in [5.41, 5.74) is 2.22. The Morgan fingerprint density at radius 3 is 2.88 bits per heavy atom. The Hall–Kier alpha value is -2.66. The van der Waals surface area contributed by atoms with E-state index in [4.69, 9.17) is 9.15 Å². The van der Waals surface area contributed by atoms with Crippen molar-refractivity contribution in [2.75, 3.05) is 18.2 Å². The van der Waals surface area contributed by atoms with Gasteiger partial charge in [-0.15, -0.1) is 18.3 Å². The number of thioether (sulfide) groups is 1. The topological polar surface area (TPSA) is 51.5 Å². The van der Waals surface area contributed by atoms with Gasteiger partial charge in [0.15, 0.2) is 5.76 Å². The van der Waals surface area contributed by atoms with Gasteiger partial charge in [-0.05, 0) is 37.3 Å². The summed E-state index contributed by atoms with van der Waals surface area (Å²) in [5.74, 6) is 1.55. The highest BCUT2D eigenvalue weighted by molar-refractivity contribution is 7.99. The highest BCUT2D eigenvalue weighted by Gasteiger charge is 2.19. The molecule has 0 fully saturated rings. The molecule has 2 aromatic carbocycles. The van der Waals surface area contributed by atoms with Crippen LogP contribution in [0.2, 0.25) is 0 Å². The molecular formula is C20H19NO3S. The van der Waals surface area contributed by atoms with Crippen molar-refractivity contribution in [3.05, 3.63) is 66.4 Å². The third-order valence-electron chi connectivity index (χ3n) is 3.84. The van der Waals surface area contributed by atoms with Crippen molar-refractivity contribution in [3.63, 3.8) is 0 Å². The number of aryl methyl sites for hydroxylation is 1. The maximum Gasteiger partial charge on any atom is 0.291 e. The molecule has 1 aromatic heterocycles. The number of hydrogen-bond donors (Lipinski definition) is 1. The second kappa shape index (κ2) is 7.49. The number of fused-ring (bicyclic) bond motifs is 1. The lowest BCUT2D eigenvalue weighted by molar-refractivity contribution is 0.0997. The molecule has 5 heteroatoms. The molecule has 0 aliphatic rings.